The maximum atomic E-state index is 7.75. The van der Waals surface area contributed by atoms with Crippen LogP contribution in [0.2, 0.25) is 5.02 Å². The van der Waals surface area contributed by atoms with Gasteiger partial charge in [0.2, 0.25) is 0 Å². The molecule has 1 aliphatic carbocycles. The minimum absolute atomic E-state index is 0.130. The number of benzene rings is 1. The van der Waals surface area contributed by atoms with Gasteiger partial charge in [-0.05, 0) is 43.4 Å². The predicted molar refractivity (Wildman–Crippen MR) is 80.2 cm³/mol. The average molecular weight is 278 g/mol. The first-order valence-electron chi connectivity index (χ1n) is 7.07. The van der Waals surface area contributed by atoms with Crippen molar-refractivity contribution >= 4 is 23.1 Å². The van der Waals surface area contributed by atoms with E-state index in [1.54, 1.807) is 0 Å². The zero-order chi connectivity index (χ0) is 13.4. The fourth-order valence-electron chi connectivity index (χ4n) is 3.68. The quantitative estimate of drug-likeness (QED) is 0.643. The van der Waals surface area contributed by atoms with Gasteiger partial charge in [0.05, 0.1) is 0 Å². The van der Waals surface area contributed by atoms with Crippen LogP contribution < -0.4 is 10.6 Å². The van der Waals surface area contributed by atoms with Gasteiger partial charge >= 0.3 is 0 Å². The molecule has 3 nitrogen and oxygen atoms in total. The second kappa shape index (κ2) is 5.04. The molecule has 1 saturated carbocycles. The Morgan fingerprint density at radius 2 is 2.05 bits per heavy atom. The number of amidine groups is 1. The van der Waals surface area contributed by atoms with Crippen LogP contribution in [-0.4, -0.2) is 18.4 Å². The summed E-state index contributed by atoms with van der Waals surface area (Å²) < 4.78 is 0. The molecule has 2 unspecified atom stereocenters. The van der Waals surface area contributed by atoms with Crippen LogP contribution in [0.1, 0.15) is 37.7 Å². The van der Waals surface area contributed by atoms with Crippen LogP contribution in [0.15, 0.2) is 18.2 Å². The van der Waals surface area contributed by atoms with E-state index in [9.17, 15) is 0 Å². The molecule has 2 aliphatic rings. The van der Waals surface area contributed by atoms with E-state index in [-0.39, 0.29) is 5.84 Å². The number of rotatable bonds is 2. The van der Waals surface area contributed by atoms with E-state index in [1.165, 1.54) is 32.1 Å². The molecule has 0 bridgehead atoms. The molecule has 0 spiro atoms. The van der Waals surface area contributed by atoms with Gasteiger partial charge in [-0.25, -0.2) is 0 Å². The smallest absolute Gasteiger partial charge is 0.124 e. The number of anilines is 1. The highest BCUT2D eigenvalue weighted by Crippen LogP contribution is 2.40. The van der Waals surface area contributed by atoms with E-state index in [4.69, 9.17) is 22.7 Å². The molecule has 19 heavy (non-hydrogen) atoms. The zero-order valence-corrected chi connectivity index (χ0v) is 11.8. The standard InChI is InChI=1S/C15H20ClN3/c16-11-5-6-12(15(17)18)14(9-11)19-8-7-10-3-1-2-4-13(10)19/h5-6,9-10,13H,1-4,7-8H2,(H3,17,18). The van der Waals surface area contributed by atoms with Crippen molar-refractivity contribution in [3.05, 3.63) is 28.8 Å². The molecule has 102 valence electrons. The minimum atomic E-state index is 0.130. The summed E-state index contributed by atoms with van der Waals surface area (Å²) in [6.07, 6.45) is 6.54. The lowest BCUT2D eigenvalue weighted by Gasteiger charge is -2.34. The van der Waals surface area contributed by atoms with E-state index >= 15 is 0 Å². The van der Waals surface area contributed by atoms with E-state index < -0.39 is 0 Å². The second-order valence-corrected chi connectivity index (χ2v) is 6.11. The molecule has 0 aromatic heterocycles. The Labute approximate surface area is 119 Å². The van der Waals surface area contributed by atoms with Gasteiger partial charge in [-0.1, -0.05) is 24.4 Å². The summed E-state index contributed by atoms with van der Waals surface area (Å²) in [4.78, 5) is 2.44. The molecule has 1 heterocycles. The highest BCUT2D eigenvalue weighted by atomic mass is 35.5. The Balaban J connectivity index is 1.97. The topological polar surface area (TPSA) is 53.1 Å². The molecule has 0 amide bonds. The highest BCUT2D eigenvalue weighted by molar-refractivity contribution is 6.31. The first-order chi connectivity index (χ1) is 9.16. The molecule has 0 radical (unpaired) electrons. The molecule has 4 heteroatoms. The first kappa shape index (κ1) is 12.8. The van der Waals surface area contributed by atoms with Gasteiger partial charge in [-0.3, -0.25) is 5.41 Å². The Hall–Kier alpha value is -1.22. The Kier molecular flexibility index (Phi) is 3.40. The summed E-state index contributed by atoms with van der Waals surface area (Å²) in [6, 6.07) is 6.27. The summed E-state index contributed by atoms with van der Waals surface area (Å²) in [5, 5.41) is 8.47. The number of nitrogens with zero attached hydrogens (tertiary/aromatic N) is 1. The van der Waals surface area contributed by atoms with Crippen molar-refractivity contribution in [2.45, 2.75) is 38.1 Å². The third kappa shape index (κ3) is 2.32. The van der Waals surface area contributed by atoms with Crippen LogP contribution in [0.3, 0.4) is 0 Å². The fourth-order valence-corrected chi connectivity index (χ4v) is 3.84. The normalized spacial score (nSPS) is 26.3. The van der Waals surface area contributed by atoms with Crippen molar-refractivity contribution < 1.29 is 0 Å². The van der Waals surface area contributed by atoms with E-state index in [1.807, 2.05) is 18.2 Å². The van der Waals surface area contributed by atoms with Gasteiger partial charge in [-0.15, -0.1) is 0 Å². The van der Waals surface area contributed by atoms with Gasteiger partial charge in [0.1, 0.15) is 5.84 Å². The van der Waals surface area contributed by atoms with E-state index in [2.05, 4.69) is 4.90 Å². The maximum Gasteiger partial charge on any atom is 0.124 e. The number of fused-ring (bicyclic) bond motifs is 1. The predicted octanol–water partition coefficient (Wildman–Crippen LogP) is 3.39. The third-order valence-corrected chi connectivity index (χ3v) is 4.80. The lowest BCUT2D eigenvalue weighted by molar-refractivity contribution is 0.342. The Morgan fingerprint density at radius 1 is 1.26 bits per heavy atom. The summed E-state index contributed by atoms with van der Waals surface area (Å²) in [7, 11) is 0. The SMILES string of the molecule is N=C(N)c1ccc(Cl)cc1N1CCC2CCCCC21. The molecule has 2 fully saturated rings. The van der Waals surface area contributed by atoms with Gasteiger partial charge < -0.3 is 10.6 Å². The third-order valence-electron chi connectivity index (χ3n) is 4.57. The molecular formula is C15H20ClN3. The summed E-state index contributed by atoms with van der Waals surface area (Å²) in [6.45, 7) is 1.07. The molecule has 1 saturated heterocycles. The maximum absolute atomic E-state index is 7.75. The van der Waals surface area contributed by atoms with Crippen molar-refractivity contribution in [1.29, 1.82) is 5.41 Å². The number of nitrogens with one attached hydrogen (secondary N) is 1. The highest BCUT2D eigenvalue weighted by Gasteiger charge is 2.36. The summed E-state index contributed by atoms with van der Waals surface area (Å²) in [5.74, 6) is 0.943. The second-order valence-electron chi connectivity index (χ2n) is 5.67. The molecule has 3 N–H and O–H groups in total. The minimum Gasteiger partial charge on any atom is -0.384 e. The van der Waals surface area contributed by atoms with Crippen LogP contribution in [0.5, 0.6) is 0 Å². The van der Waals surface area contributed by atoms with Crippen LogP contribution in [0, 0.1) is 11.3 Å². The van der Waals surface area contributed by atoms with Crippen molar-refractivity contribution in [1.82, 2.24) is 0 Å². The lowest BCUT2D eigenvalue weighted by atomic mass is 9.85. The molecule has 1 aromatic carbocycles. The van der Waals surface area contributed by atoms with Crippen LogP contribution in [0.4, 0.5) is 5.69 Å². The number of nitrogens with two attached hydrogens (primary N) is 1. The van der Waals surface area contributed by atoms with Crippen molar-refractivity contribution in [2.24, 2.45) is 11.7 Å². The molecule has 2 atom stereocenters. The van der Waals surface area contributed by atoms with Gasteiger partial charge in [0, 0.05) is 28.9 Å². The largest absolute Gasteiger partial charge is 0.384 e. The van der Waals surface area contributed by atoms with Crippen LogP contribution in [-0.2, 0) is 0 Å². The van der Waals surface area contributed by atoms with Crippen molar-refractivity contribution in [3.63, 3.8) is 0 Å². The Bertz CT molecular complexity index is 500. The van der Waals surface area contributed by atoms with Gasteiger partial charge in [0.15, 0.2) is 0 Å². The molecule has 1 aliphatic heterocycles. The monoisotopic (exact) mass is 277 g/mol. The Morgan fingerprint density at radius 3 is 2.84 bits per heavy atom. The van der Waals surface area contributed by atoms with Crippen molar-refractivity contribution in [3.8, 4) is 0 Å². The summed E-state index contributed by atoms with van der Waals surface area (Å²) >= 11 is 6.14. The van der Waals surface area contributed by atoms with E-state index in [0.717, 1.165) is 28.7 Å². The fraction of sp³-hybridized carbons (Fsp3) is 0.533. The molecule has 3 rings (SSSR count). The average Bonchev–Trinajstić information content (AvgIpc) is 2.82. The molecule has 1 aromatic rings. The van der Waals surface area contributed by atoms with Crippen LogP contribution >= 0.6 is 11.6 Å². The van der Waals surface area contributed by atoms with Gasteiger partial charge in [-0.2, -0.15) is 0 Å². The number of halogens is 1. The van der Waals surface area contributed by atoms with Gasteiger partial charge in [0.25, 0.3) is 0 Å². The number of nitrogen functional groups attached to an aromatic ring is 1. The zero-order valence-electron chi connectivity index (χ0n) is 11.0. The van der Waals surface area contributed by atoms with Crippen LogP contribution in [0.25, 0.3) is 0 Å². The lowest BCUT2D eigenvalue weighted by Crippen LogP contribution is -2.36. The number of hydrogen-bond donors (Lipinski definition) is 2. The first-order valence-corrected chi connectivity index (χ1v) is 7.45. The van der Waals surface area contributed by atoms with E-state index in [0.29, 0.717) is 6.04 Å². The summed E-state index contributed by atoms with van der Waals surface area (Å²) in [5.41, 5.74) is 7.58. The molecular weight excluding hydrogens is 258 g/mol. The number of hydrogen-bond acceptors (Lipinski definition) is 2. The van der Waals surface area contributed by atoms with Crippen molar-refractivity contribution in [2.75, 3.05) is 11.4 Å².